The van der Waals surface area contributed by atoms with Crippen molar-refractivity contribution in [2.45, 2.75) is 0 Å². The largest absolute Gasteiger partial charge is 0.490 e. The minimum absolute atomic E-state index is 0.355. The number of benzene rings is 2. The molecule has 2 aromatic rings. The van der Waals surface area contributed by atoms with Gasteiger partial charge in [-0.05, 0) is 0 Å². The third-order valence-electron chi connectivity index (χ3n) is 3.62. The van der Waals surface area contributed by atoms with Crippen molar-refractivity contribution in [2.75, 3.05) is 14.2 Å². The summed E-state index contributed by atoms with van der Waals surface area (Å²) >= 11 is 0. The number of hydrogen-bond donors (Lipinski definition) is 0. The smallest absolute Gasteiger partial charge is 0.318 e. The van der Waals surface area contributed by atoms with Crippen molar-refractivity contribution in [2.24, 2.45) is 0 Å². The third kappa shape index (κ3) is 3.46. The summed E-state index contributed by atoms with van der Waals surface area (Å²) in [5.74, 6) is -0.965. The van der Waals surface area contributed by atoms with Gasteiger partial charge in [0.25, 0.3) is 11.4 Å². The Balaban J connectivity index is 3.04. The topological polar surface area (TPSA) is 191 Å². The number of rotatable bonds is 7. The fourth-order valence-electron chi connectivity index (χ4n) is 2.51. The first kappa shape index (κ1) is 20.0. The van der Waals surface area contributed by atoms with Crippen LogP contribution >= 0.6 is 0 Å². The third-order valence-corrected chi connectivity index (χ3v) is 3.62. The van der Waals surface area contributed by atoms with Gasteiger partial charge in [0.05, 0.1) is 46.0 Å². The molecule has 0 N–H and O–H groups in total. The van der Waals surface area contributed by atoms with Crippen LogP contribution in [0, 0.1) is 40.5 Å². The van der Waals surface area contributed by atoms with Crippen LogP contribution in [0.5, 0.6) is 11.5 Å². The quantitative estimate of drug-likeness (QED) is 0.498. The van der Waals surface area contributed by atoms with Crippen LogP contribution in [-0.4, -0.2) is 33.9 Å². The van der Waals surface area contributed by atoms with Crippen LogP contribution in [0.3, 0.4) is 0 Å². The molecule has 0 saturated heterocycles. The highest BCUT2D eigenvalue weighted by Crippen LogP contribution is 2.48. The second-order valence-electron chi connectivity index (χ2n) is 5.12. The van der Waals surface area contributed by atoms with E-state index in [1.165, 1.54) is 0 Å². The van der Waals surface area contributed by atoms with E-state index >= 15 is 0 Å². The molecule has 0 radical (unpaired) electrons. The van der Waals surface area contributed by atoms with Crippen molar-refractivity contribution in [1.29, 1.82) is 0 Å². The highest BCUT2D eigenvalue weighted by molar-refractivity contribution is 5.86. The molecule has 146 valence electrons. The Kier molecular flexibility index (Phi) is 5.33. The number of nitrogens with zero attached hydrogens (tertiary/aromatic N) is 4. The fourth-order valence-corrected chi connectivity index (χ4v) is 2.51. The zero-order chi connectivity index (χ0) is 21.2. The number of nitro benzene ring substituents is 4. The van der Waals surface area contributed by atoms with Crippen molar-refractivity contribution < 1.29 is 29.2 Å². The van der Waals surface area contributed by atoms with E-state index in [2.05, 4.69) is 0 Å². The van der Waals surface area contributed by atoms with Gasteiger partial charge in [-0.15, -0.1) is 0 Å². The Bertz CT molecular complexity index is 938. The van der Waals surface area contributed by atoms with E-state index in [9.17, 15) is 40.5 Å². The average molecular weight is 394 g/mol. The van der Waals surface area contributed by atoms with Gasteiger partial charge in [0, 0.05) is 23.3 Å². The monoisotopic (exact) mass is 394 g/mol. The molecular formula is C14H10N4O10. The number of methoxy groups -OCH3 is 2. The zero-order valence-corrected chi connectivity index (χ0v) is 14.2. The second kappa shape index (κ2) is 7.48. The lowest BCUT2D eigenvalue weighted by Crippen LogP contribution is -2.02. The molecule has 2 rings (SSSR count). The Morgan fingerprint density at radius 3 is 1.14 bits per heavy atom. The summed E-state index contributed by atoms with van der Waals surface area (Å²) in [7, 11) is 2.08. The Hall–Kier alpha value is -4.36. The highest BCUT2D eigenvalue weighted by atomic mass is 16.6. The van der Waals surface area contributed by atoms with Crippen molar-refractivity contribution in [1.82, 2.24) is 0 Å². The average Bonchev–Trinajstić information content (AvgIpc) is 2.65. The van der Waals surface area contributed by atoms with Crippen LogP contribution in [0.1, 0.15) is 0 Å². The van der Waals surface area contributed by atoms with Gasteiger partial charge in [-0.2, -0.15) is 0 Å². The maximum Gasteiger partial charge on any atom is 0.318 e. The Morgan fingerprint density at radius 2 is 0.929 bits per heavy atom. The molecule has 14 nitrogen and oxygen atoms in total. The van der Waals surface area contributed by atoms with Crippen molar-refractivity contribution in [3.05, 3.63) is 64.7 Å². The van der Waals surface area contributed by atoms with E-state index in [1.807, 2.05) is 0 Å². The van der Waals surface area contributed by atoms with Gasteiger partial charge in [-0.3, -0.25) is 40.5 Å². The van der Waals surface area contributed by atoms with Crippen LogP contribution in [0.4, 0.5) is 22.7 Å². The Labute approximate surface area is 154 Å². The minimum Gasteiger partial charge on any atom is -0.490 e. The summed E-state index contributed by atoms with van der Waals surface area (Å²) in [5, 5.41) is 44.9. The number of nitro groups is 4. The lowest BCUT2D eigenvalue weighted by atomic mass is 9.99. The first-order valence-corrected chi connectivity index (χ1v) is 7.14. The number of non-ortho nitro benzene ring substituents is 2. The lowest BCUT2D eigenvalue weighted by molar-refractivity contribution is -0.395. The van der Waals surface area contributed by atoms with Crippen molar-refractivity contribution >= 4 is 22.7 Å². The molecule has 0 aliphatic heterocycles. The molecule has 0 fully saturated rings. The van der Waals surface area contributed by atoms with Crippen LogP contribution in [-0.2, 0) is 0 Å². The van der Waals surface area contributed by atoms with Crippen LogP contribution in [0.2, 0.25) is 0 Å². The lowest BCUT2D eigenvalue weighted by Gasteiger charge is -2.12. The molecule has 0 unspecified atom stereocenters. The van der Waals surface area contributed by atoms with Crippen molar-refractivity contribution in [3.63, 3.8) is 0 Å². The molecule has 0 aromatic heterocycles. The first-order valence-electron chi connectivity index (χ1n) is 7.14. The van der Waals surface area contributed by atoms with E-state index in [0.29, 0.717) is 12.1 Å². The van der Waals surface area contributed by atoms with Gasteiger partial charge in [-0.25, -0.2) is 0 Å². The molecular weight excluding hydrogens is 384 g/mol. The molecule has 0 bridgehead atoms. The Morgan fingerprint density at radius 1 is 0.607 bits per heavy atom. The minimum atomic E-state index is -0.951. The van der Waals surface area contributed by atoms with Gasteiger partial charge >= 0.3 is 11.4 Å². The molecule has 0 aliphatic rings. The van der Waals surface area contributed by atoms with Crippen LogP contribution < -0.4 is 9.47 Å². The SMILES string of the molecule is COc1c(-c2cc([N+](=O)[O-])cc([N+](=O)[O-])c2OC)cc([N+](=O)[O-])cc1[N+](=O)[O-]. The maximum atomic E-state index is 11.3. The highest BCUT2D eigenvalue weighted by Gasteiger charge is 2.32. The van der Waals surface area contributed by atoms with Crippen LogP contribution in [0.25, 0.3) is 11.1 Å². The molecule has 28 heavy (non-hydrogen) atoms. The van der Waals surface area contributed by atoms with Gasteiger partial charge in [0.1, 0.15) is 0 Å². The van der Waals surface area contributed by atoms with Gasteiger partial charge in [0.2, 0.25) is 11.5 Å². The van der Waals surface area contributed by atoms with Crippen molar-refractivity contribution in [3.8, 4) is 22.6 Å². The summed E-state index contributed by atoms with van der Waals surface area (Å²) in [5.41, 5.74) is -3.76. The normalized spacial score (nSPS) is 10.2. The molecule has 0 amide bonds. The van der Waals surface area contributed by atoms with E-state index in [0.717, 1.165) is 26.4 Å². The van der Waals surface area contributed by atoms with Crippen LogP contribution in [0.15, 0.2) is 24.3 Å². The molecule has 0 atom stereocenters. The van der Waals surface area contributed by atoms with Gasteiger partial charge < -0.3 is 9.47 Å². The number of ether oxygens (including phenoxy) is 2. The fraction of sp³-hybridized carbons (Fsp3) is 0.143. The first-order chi connectivity index (χ1) is 13.1. The predicted molar refractivity (Wildman–Crippen MR) is 91.6 cm³/mol. The predicted octanol–water partition coefficient (Wildman–Crippen LogP) is 3.00. The summed E-state index contributed by atoms with van der Waals surface area (Å²) < 4.78 is 9.94. The number of hydrogen-bond acceptors (Lipinski definition) is 10. The summed E-state index contributed by atoms with van der Waals surface area (Å²) in [4.78, 5) is 41.2. The zero-order valence-electron chi connectivity index (χ0n) is 14.2. The van der Waals surface area contributed by atoms with E-state index < -0.39 is 53.9 Å². The molecule has 0 heterocycles. The molecule has 0 spiro atoms. The molecule has 14 heteroatoms. The second-order valence-corrected chi connectivity index (χ2v) is 5.12. The summed E-state index contributed by atoms with van der Waals surface area (Å²) in [6.45, 7) is 0. The molecule has 0 aliphatic carbocycles. The standard InChI is InChI=1S/C14H10N4O10/c1-27-13-9(3-7(15(19)20)5-11(13)17(23)24)10-4-8(16(21)22)6-12(18(25)26)14(10)28-2/h3-6H,1-2H3. The van der Waals surface area contributed by atoms with Gasteiger partial charge in [0.15, 0.2) is 0 Å². The molecule has 0 saturated carbocycles. The van der Waals surface area contributed by atoms with Gasteiger partial charge in [-0.1, -0.05) is 0 Å². The van der Waals surface area contributed by atoms with E-state index in [-0.39, 0.29) is 11.1 Å². The van der Waals surface area contributed by atoms with E-state index in [4.69, 9.17) is 9.47 Å². The summed E-state index contributed by atoms with van der Waals surface area (Å²) in [6, 6.07) is 2.97. The summed E-state index contributed by atoms with van der Waals surface area (Å²) in [6.07, 6.45) is 0. The maximum absolute atomic E-state index is 11.3. The molecule has 2 aromatic carbocycles. The van der Waals surface area contributed by atoms with E-state index in [1.54, 1.807) is 0 Å².